The van der Waals surface area contributed by atoms with E-state index < -0.39 is 0 Å². The van der Waals surface area contributed by atoms with Gasteiger partial charge in [-0.2, -0.15) is 10.2 Å². The van der Waals surface area contributed by atoms with Crippen molar-refractivity contribution < 1.29 is 4.79 Å². The first kappa shape index (κ1) is 21.3. The van der Waals surface area contributed by atoms with Gasteiger partial charge in [-0.1, -0.05) is 41.9 Å². The first-order chi connectivity index (χ1) is 14.9. The molecule has 1 N–H and O–H groups in total. The highest BCUT2D eigenvalue weighted by Crippen LogP contribution is 2.21. The average Bonchev–Trinajstić information content (AvgIpc) is 3.29. The van der Waals surface area contributed by atoms with Crippen molar-refractivity contribution >= 4 is 39.1 Å². The predicted molar refractivity (Wildman–Crippen MR) is 126 cm³/mol. The van der Waals surface area contributed by atoms with Gasteiger partial charge in [-0.3, -0.25) is 14.2 Å². The number of rotatable bonds is 6. The highest BCUT2D eigenvalue weighted by Gasteiger charge is 2.11. The summed E-state index contributed by atoms with van der Waals surface area (Å²) in [5.41, 5.74) is 5.29. The summed E-state index contributed by atoms with van der Waals surface area (Å²) in [6, 6.07) is 15.2. The number of hydrogen-bond donors (Lipinski definition) is 1. The van der Waals surface area contributed by atoms with E-state index in [1.54, 1.807) is 17.1 Å². The molecule has 0 aliphatic rings. The van der Waals surface area contributed by atoms with Crippen LogP contribution in [0.4, 0.5) is 5.69 Å². The molecule has 0 radical (unpaired) electrons. The van der Waals surface area contributed by atoms with E-state index >= 15 is 0 Å². The van der Waals surface area contributed by atoms with Crippen LogP contribution in [0.2, 0.25) is 5.02 Å². The SMILES string of the molecule is Cc1nn(Cc2ccc(C(=O)Nc3cnn(Cc4ccccc4Cl)c3)cc2)c(C)c1Br. The molecule has 0 aliphatic heterocycles. The van der Waals surface area contributed by atoms with Crippen LogP contribution in [0.15, 0.2) is 65.4 Å². The van der Waals surface area contributed by atoms with Crippen LogP contribution in [0.1, 0.15) is 32.9 Å². The number of nitrogens with zero attached hydrogens (tertiary/aromatic N) is 4. The summed E-state index contributed by atoms with van der Waals surface area (Å²) < 4.78 is 4.72. The fourth-order valence-corrected chi connectivity index (χ4v) is 3.76. The van der Waals surface area contributed by atoms with Gasteiger partial charge in [-0.15, -0.1) is 0 Å². The molecular weight excluding hydrogens is 478 g/mol. The van der Waals surface area contributed by atoms with Gasteiger partial charge in [-0.25, -0.2) is 0 Å². The third-order valence-electron chi connectivity index (χ3n) is 5.02. The number of aryl methyl sites for hydroxylation is 1. The van der Waals surface area contributed by atoms with E-state index in [1.165, 1.54) is 0 Å². The minimum absolute atomic E-state index is 0.183. The fourth-order valence-electron chi connectivity index (χ4n) is 3.28. The van der Waals surface area contributed by atoms with E-state index in [9.17, 15) is 4.79 Å². The van der Waals surface area contributed by atoms with Crippen LogP contribution in [-0.4, -0.2) is 25.5 Å². The Kier molecular flexibility index (Phi) is 6.25. The molecule has 0 unspecified atom stereocenters. The molecule has 0 saturated carbocycles. The molecule has 0 atom stereocenters. The van der Waals surface area contributed by atoms with E-state index in [4.69, 9.17) is 11.6 Å². The Bertz CT molecular complexity index is 1230. The lowest BCUT2D eigenvalue weighted by Crippen LogP contribution is -2.12. The fraction of sp³-hybridized carbons (Fsp3) is 0.174. The number of aromatic nitrogens is 4. The molecule has 0 saturated heterocycles. The zero-order valence-corrected chi connectivity index (χ0v) is 19.5. The van der Waals surface area contributed by atoms with Crippen molar-refractivity contribution in [2.24, 2.45) is 0 Å². The van der Waals surface area contributed by atoms with Crippen LogP contribution in [0.5, 0.6) is 0 Å². The number of nitrogens with one attached hydrogen (secondary N) is 1. The van der Waals surface area contributed by atoms with Crippen molar-refractivity contribution in [3.8, 4) is 0 Å². The van der Waals surface area contributed by atoms with Crippen LogP contribution in [0, 0.1) is 13.8 Å². The summed E-state index contributed by atoms with van der Waals surface area (Å²) in [4.78, 5) is 12.6. The molecule has 2 aromatic heterocycles. The van der Waals surface area contributed by atoms with Crippen LogP contribution in [0.25, 0.3) is 0 Å². The smallest absolute Gasteiger partial charge is 0.255 e. The maximum absolute atomic E-state index is 12.6. The lowest BCUT2D eigenvalue weighted by molar-refractivity contribution is 0.102. The summed E-state index contributed by atoms with van der Waals surface area (Å²) in [5.74, 6) is -0.183. The maximum atomic E-state index is 12.6. The van der Waals surface area contributed by atoms with Gasteiger partial charge in [0.1, 0.15) is 0 Å². The number of anilines is 1. The van der Waals surface area contributed by atoms with E-state index in [1.807, 2.05) is 67.1 Å². The quantitative estimate of drug-likeness (QED) is 0.384. The molecule has 0 aliphatic carbocycles. The van der Waals surface area contributed by atoms with Gasteiger partial charge in [0.05, 0.1) is 40.8 Å². The van der Waals surface area contributed by atoms with Crippen molar-refractivity contribution in [3.63, 3.8) is 0 Å². The minimum Gasteiger partial charge on any atom is -0.319 e. The minimum atomic E-state index is -0.183. The molecule has 2 aromatic carbocycles. The predicted octanol–water partition coefficient (Wildman–Crippen LogP) is 5.46. The zero-order chi connectivity index (χ0) is 22.0. The van der Waals surface area contributed by atoms with Crippen molar-refractivity contribution in [1.29, 1.82) is 0 Å². The second kappa shape index (κ2) is 9.08. The van der Waals surface area contributed by atoms with Crippen molar-refractivity contribution in [3.05, 3.63) is 98.5 Å². The molecule has 31 heavy (non-hydrogen) atoms. The molecule has 8 heteroatoms. The topological polar surface area (TPSA) is 64.7 Å². The third-order valence-corrected chi connectivity index (χ3v) is 6.54. The molecule has 2 heterocycles. The summed E-state index contributed by atoms with van der Waals surface area (Å²) in [5, 5.41) is 12.4. The van der Waals surface area contributed by atoms with E-state index in [2.05, 4.69) is 31.4 Å². The first-order valence-corrected chi connectivity index (χ1v) is 10.9. The summed E-state index contributed by atoms with van der Waals surface area (Å²) in [6.45, 7) is 5.18. The molecule has 0 fully saturated rings. The largest absolute Gasteiger partial charge is 0.319 e. The van der Waals surface area contributed by atoms with Gasteiger partial charge in [0.2, 0.25) is 0 Å². The maximum Gasteiger partial charge on any atom is 0.255 e. The average molecular weight is 499 g/mol. The van der Waals surface area contributed by atoms with Crippen LogP contribution in [-0.2, 0) is 13.1 Å². The molecule has 4 rings (SSSR count). The van der Waals surface area contributed by atoms with Crippen LogP contribution < -0.4 is 5.32 Å². The van der Waals surface area contributed by atoms with Crippen LogP contribution >= 0.6 is 27.5 Å². The number of carbonyl (C=O) groups is 1. The Hall–Kier alpha value is -2.90. The third kappa shape index (κ3) is 4.89. The number of carbonyl (C=O) groups excluding carboxylic acids is 1. The molecule has 0 bridgehead atoms. The molecule has 1 amide bonds. The Labute approximate surface area is 194 Å². The number of benzene rings is 2. The molecule has 4 aromatic rings. The lowest BCUT2D eigenvalue weighted by Gasteiger charge is -2.07. The monoisotopic (exact) mass is 497 g/mol. The summed E-state index contributed by atoms with van der Waals surface area (Å²) in [6.07, 6.45) is 3.42. The van der Waals surface area contributed by atoms with Crippen molar-refractivity contribution in [2.45, 2.75) is 26.9 Å². The zero-order valence-electron chi connectivity index (χ0n) is 17.1. The summed E-state index contributed by atoms with van der Waals surface area (Å²) >= 11 is 9.76. The lowest BCUT2D eigenvalue weighted by atomic mass is 10.1. The van der Waals surface area contributed by atoms with E-state index in [0.29, 0.717) is 29.4 Å². The van der Waals surface area contributed by atoms with Gasteiger partial charge in [-0.05, 0) is 59.1 Å². The van der Waals surface area contributed by atoms with Crippen molar-refractivity contribution in [1.82, 2.24) is 19.6 Å². The molecular formula is C23H21BrClN5O. The van der Waals surface area contributed by atoms with Gasteiger partial charge < -0.3 is 5.32 Å². The van der Waals surface area contributed by atoms with Crippen LogP contribution in [0.3, 0.4) is 0 Å². The highest BCUT2D eigenvalue weighted by atomic mass is 79.9. The van der Waals surface area contributed by atoms with Crippen molar-refractivity contribution in [2.75, 3.05) is 5.32 Å². The van der Waals surface area contributed by atoms with Gasteiger partial charge >= 0.3 is 0 Å². The second-order valence-electron chi connectivity index (χ2n) is 7.31. The number of halogens is 2. The number of hydrogen-bond acceptors (Lipinski definition) is 3. The number of amides is 1. The Balaban J connectivity index is 1.39. The van der Waals surface area contributed by atoms with Gasteiger partial charge in [0.15, 0.2) is 0 Å². The normalized spacial score (nSPS) is 11.0. The summed E-state index contributed by atoms with van der Waals surface area (Å²) in [7, 11) is 0. The van der Waals surface area contributed by atoms with Gasteiger partial charge in [0.25, 0.3) is 5.91 Å². The molecule has 0 spiro atoms. The highest BCUT2D eigenvalue weighted by molar-refractivity contribution is 9.10. The van der Waals surface area contributed by atoms with E-state index in [-0.39, 0.29) is 5.91 Å². The van der Waals surface area contributed by atoms with E-state index in [0.717, 1.165) is 27.0 Å². The van der Waals surface area contributed by atoms with Gasteiger partial charge in [0, 0.05) is 16.8 Å². The standard InChI is InChI=1S/C23H21BrClN5O/c1-15-22(24)16(2)30(28-15)12-17-7-9-18(10-8-17)23(31)27-20-11-26-29(14-20)13-19-5-3-4-6-21(19)25/h3-11,14H,12-13H2,1-2H3,(H,27,31). The molecule has 158 valence electrons. The molecule has 6 nitrogen and oxygen atoms in total. The second-order valence-corrected chi connectivity index (χ2v) is 8.51. The Morgan fingerprint density at radius 2 is 1.84 bits per heavy atom. The Morgan fingerprint density at radius 3 is 2.52 bits per heavy atom. The first-order valence-electron chi connectivity index (χ1n) is 9.76. The Morgan fingerprint density at radius 1 is 1.10 bits per heavy atom.